The molecule has 2 amide bonds. The molecule has 3 N–H and O–H groups in total. The van der Waals surface area contributed by atoms with Crippen molar-refractivity contribution >= 4 is 32.7 Å². The number of nitrogens with one attached hydrogen (secondary N) is 3. The molecule has 0 fully saturated rings. The zero-order valence-electron chi connectivity index (χ0n) is 19.0. The third kappa shape index (κ3) is 4.20. The molecule has 0 unspecified atom stereocenters. The van der Waals surface area contributed by atoms with Crippen LogP contribution >= 0.6 is 0 Å². The molecule has 2 heterocycles. The van der Waals surface area contributed by atoms with Crippen LogP contribution in [0.25, 0.3) is 10.9 Å². The minimum Gasteiger partial charge on any atom is -0.358 e. The first-order chi connectivity index (χ1) is 16.9. The number of hydrogen-bond acceptors (Lipinski definition) is 4. The maximum absolute atomic E-state index is 13.3. The average molecular weight is 489 g/mol. The molecule has 1 aliphatic rings. The zero-order chi connectivity index (χ0) is 24.6. The second kappa shape index (κ2) is 9.01. The van der Waals surface area contributed by atoms with E-state index in [1.54, 1.807) is 29.2 Å². The van der Waals surface area contributed by atoms with Crippen LogP contribution in [-0.2, 0) is 14.8 Å². The van der Waals surface area contributed by atoms with Gasteiger partial charge in [0.2, 0.25) is 5.91 Å². The molecule has 5 rings (SSSR count). The van der Waals surface area contributed by atoms with Gasteiger partial charge in [-0.3, -0.25) is 15.0 Å². The van der Waals surface area contributed by atoms with E-state index in [0.29, 0.717) is 5.56 Å². The number of amides is 2. The lowest BCUT2D eigenvalue weighted by Gasteiger charge is -2.26. The number of hydrazine groups is 1. The molecule has 8 nitrogen and oxygen atoms in total. The Labute approximate surface area is 203 Å². The van der Waals surface area contributed by atoms with Gasteiger partial charge in [0.1, 0.15) is 0 Å². The van der Waals surface area contributed by atoms with Gasteiger partial charge in [-0.15, -0.1) is 4.83 Å². The summed E-state index contributed by atoms with van der Waals surface area (Å²) in [5, 5.41) is 1.02. The smallest absolute Gasteiger partial charge is 0.257 e. The monoisotopic (exact) mass is 488 g/mol. The van der Waals surface area contributed by atoms with Gasteiger partial charge in [-0.05, 0) is 36.8 Å². The zero-order valence-corrected chi connectivity index (χ0v) is 19.8. The minimum atomic E-state index is -3.89. The first kappa shape index (κ1) is 22.8. The Morgan fingerprint density at radius 1 is 0.971 bits per heavy atom. The summed E-state index contributed by atoms with van der Waals surface area (Å²) >= 11 is 0. The number of sulfonamides is 1. The molecule has 0 saturated heterocycles. The van der Waals surface area contributed by atoms with Gasteiger partial charge >= 0.3 is 0 Å². The lowest BCUT2D eigenvalue weighted by molar-refractivity contribution is -0.121. The molecule has 35 heavy (non-hydrogen) atoms. The molecule has 0 radical (unpaired) electrons. The maximum Gasteiger partial charge on any atom is 0.257 e. The Morgan fingerprint density at radius 2 is 1.66 bits per heavy atom. The number of nitrogens with zero attached hydrogens (tertiary/aromatic N) is 1. The van der Waals surface area contributed by atoms with Gasteiger partial charge in [0.05, 0.1) is 10.9 Å². The summed E-state index contributed by atoms with van der Waals surface area (Å²) in [6.45, 7) is 2.10. The fourth-order valence-electron chi connectivity index (χ4n) is 4.63. The van der Waals surface area contributed by atoms with Crippen molar-refractivity contribution in [3.8, 4) is 0 Å². The molecule has 0 aliphatic carbocycles. The Bertz CT molecular complexity index is 1530. The van der Waals surface area contributed by atoms with Crippen LogP contribution < -0.4 is 10.3 Å². The number of para-hydroxylation sites is 1. The molecule has 3 aromatic carbocycles. The number of aromatic amines is 1. The van der Waals surface area contributed by atoms with Gasteiger partial charge in [0.25, 0.3) is 15.9 Å². The lowest BCUT2D eigenvalue weighted by Crippen LogP contribution is -2.43. The highest BCUT2D eigenvalue weighted by molar-refractivity contribution is 7.89. The molecule has 9 heteroatoms. The van der Waals surface area contributed by atoms with Crippen LogP contribution in [0.1, 0.15) is 39.6 Å². The van der Waals surface area contributed by atoms with E-state index in [9.17, 15) is 18.0 Å². The van der Waals surface area contributed by atoms with Crippen molar-refractivity contribution in [2.24, 2.45) is 0 Å². The van der Waals surface area contributed by atoms with Crippen LogP contribution in [0, 0.1) is 6.92 Å². The fourth-order valence-corrected chi connectivity index (χ4v) is 5.51. The quantitative estimate of drug-likeness (QED) is 0.346. The summed E-state index contributed by atoms with van der Waals surface area (Å²) in [5.74, 6) is -0.699. The fraction of sp³-hybridized carbons (Fsp3) is 0.154. The topological polar surface area (TPSA) is 111 Å². The Balaban J connectivity index is 1.37. The SMILES string of the molecule is Cc1[nH]c2ccccc2c1[C@@H]1c2ccccc2C(=O)N1CCC(=O)NNS(=O)(=O)c1ccccc1. The average Bonchev–Trinajstić information content (AvgIpc) is 3.34. The molecular weight excluding hydrogens is 464 g/mol. The van der Waals surface area contributed by atoms with E-state index < -0.39 is 15.9 Å². The highest BCUT2D eigenvalue weighted by Crippen LogP contribution is 2.42. The minimum absolute atomic E-state index is 0.0420. The first-order valence-electron chi connectivity index (χ1n) is 11.2. The van der Waals surface area contributed by atoms with Crippen molar-refractivity contribution in [1.29, 1.82) is 0 Å². The summed E-state index contributed by atoms with van der Waals surface area (Å²) < 4.78 is 24.7. The van der Waals surface area contributed by atoms with E-state index in [1.807, 2.05) is 49.4 Å². The van der Waals surface area contributed by atoms with Gasteiger partial charge in [-0.25, -0.2) is 8.42 Å². The van der Waals surface area contributed by atoms with E-state index in [-0.39, 0.29) is 29.8 Å². The Morgan fingerprint density at radius 3 is 2.46 bits per heavy atom. The number of aryl methyl sites for hydroxylation is 1. The number of fused-ring (bicyclic) bond motifs is 2. The van der Waals surface area contributed by atoms with Crippen LogP contribution in [0.5, 0.6) is 0 Å². The van der Waals surface area contributed by atoms with E-state index in [0.717, 1.165) is 27.7 Å². The number of rotatable bonds is 7. The van der Waals surface area contributed by atoms with Crippen LogP contribution in [0.2, 0.25) is 0 Å². The first-order valence-corrected chi connectivity index (χ1v) is 12.7. The second-order valence-corrected chi connectivity index (χ2v) is 10.1. The van der Waals surface area contributed by atoms with E-state index in [1.165, 1.54) is 12.1 Å². The van der Waals surface area contributed by atoms with Crippen molar-refractivity contribution in [1.82, 2.24) is 20.1 Å². The van der Waals surface area contributed by atoms with Gasteiger partial charge in [-0.1, -0.05) is 54.6 Å². The van der Waals surface area contributed by atoms with Crippen LogP contribution in [0.3, 0.4) is 0 Å². The van der Waals surface area contributed by atoms with Crippen molar-refractivity contribution in [2.45, 2.75) is 24.3 Å². The standard InChI is InChI=1S/C26H24N4O4S/c1-17-24(21-13-7-8-14-22(21)27-17)25-19-11-5-6-12-20(19)26(32)30(25)16-15-23(31)28-29-35(33,34)18-9-3-2-4-10-18/h2-14,25,27,29H,15-16H2,1H3,(H,28,31)/t25-/m0/s1. The molecular formula is C26H24N4O4S. The largest absolute Gasteiger partial charge is 0.358 e. The lowest BCUT2D eigenvalue weighted by atomic mass is 9.95. The Kier molecular flexibility index (Phi) is 5.88. The summed E-state index contributed by atoms with van der Waals surface area (Å²) in [6, 6.07) is 22.8. The predicted octanol–water partition coefficient (Wildman–Crippen LogP) is 3.42. The maximum atomic E-state index is 13.3. The van der Waals surface area contributed by atoms with Gasteiger partial charge in [-0.2, -0.15) is 0 Å². The summed E-state index contributed by atoms with van der Waals surface area (Å²) in [6.07, 6.45) is -0.0745. The normalized spacial score (nSPS) is 15.4. The second-order valence-electron chi connectivity index (χ2n) is 8.41. The number of carbonyl (C=O) groups excluding carboxylic acids is 2. The molecule has 1 aliphatic heterocycles. The van der Waals surface area contributed by atoms with Crippen LogP contribution in [-0.4, -0.2) is 36.7 Å². The highest BCUT2D eigenvalue weighted by atomic mass is 32.2. The number of hydrogen-bond donors (Lipinski definition) is 3. The Hall–Kier alpha value is -3.95. The molecule has 178 valence electrons. The van der Waals surface area contributed by atoms with Crippen molar-refractivity contribution < 1.29 is 18.0 Å². The van der Waals surface area contributed by atoms with Gasteiger partial charge in [0, 0.05) is 40.7 Å². The summed E-state index contributed by atoms with van der Waals surface area (Å²) in [4.78, 5) is 33.1. The van der Waals surface area contributed by atoms with Crippen molar-refractivity contribution in [3.05, 3.63) is 101 Å². The number of carbonyl (C=O) groups is 2. The van der Waals surface area contributed by atoms with Gasteiger partial charge < -0.3 is 9.88 Å². The van der Waals surface area contributed by atoms with Gasteiger partial charge in [0.15, 0.2) is 0 Å². The highest BCUT2D eigenvalue weighted by Gasteiger charge is 2.39. The van der Waals surface area contributed by atoms with Crippen LogP contribution in [0.15, 0.2) is 83.8 Å². The third-order valence-electron chi connectivity index (χ3n) is 6.23. The molecule has 0 saturated carbocycles. The van der Waals surface area contributed by atoms with E-state index in [2.05, 4.69) is 15.2 Å². The van der Waals surface area contributed by atoms with E-state index in [4.69, 9.17) is 0 Å². The number of H-pyrrole nitrogens is 1. The summed E-state index contributed by atoms with van der Waals surface area (Å²) in [7, 11) is -3.89. The molecule has 1 aromatic heterocycles. The van der Waals surface area contributed by atoms with E-state index >= 15 is 0 Å². The van der Waals surface area contributed by atoms with Crippen molar-refractivity contribution in [3.63, 3.8) is 0 Å². The molecule has 4 aromatic rings. The number of aromatic nitrogens is 1. The number of benzene rings is 3. The van der Waals surface area contributed by atoms with Crippen LogP contribution in [0.4, 0.5) is 0 Å². The molecule has 0 bridgehead atoms. The third-order valence-corrected chi connectivity index (χ3v) is 7.50. The predicted molar refractivity (Wildman–Crippen MR) is 132 cm³/mol. The molecule has 0 spiro atoms. The van der Waals surface area contributed by atoms with Crippen molar-refractivity contribution in [2.75, 3.05) is 6.54 Å². The summed E-state index contributed by atoms with van der Waals surface area (Å²) in [5.41, 5.74) is 6.66. The molecule has 1 atom stereocenters.